The van der Waals surface area contributed by atoms with Crippen molar-refractivity contribution in [3.63, 3.8) is 0 Å². The number of para-hydroxylation sites is 2. The molecule has 2 aromatic rings. The van der Waals surface area contributed by atoms with Crippen LogP contribution in [-0.2, 0) is 11.3 Å². The highest BCUT2D eigenvalue weighted by atomic mass is 79.9. The molecule has 0 aliphatic carbocycles. The minimum Gasteiger partial charge on any atom is -0.379 e. The standard InChI is InChI=1S/C15H15BrN2OS/c16-14-8-11(10-20-14)9-17-12-4-1-2-5-13(12)18-7-3-6-15(18)19/h1-2,4-5,8,10,17H,3,6-7,9H2. The van der Waals surface area contributed by atoms with Gasteiger partial charge in [0.1, 0.15) is 0 Å². The highest BCUT2D eigenvalue weighted by molar-refractivity contribution is 9.11. The Morgan fingerprint density at radius 3 is 2.90 bits per heavy atom. The molecule has 20 heavy (non-hydrogen) atoms. The van der Waals surface area contributed by atoms with E-state index in [1.165, 1.54) is 5.56 Å². The van der Waals surface area contributed by atoms with Gasteiger partial charge in [0.25, 0.3) is 0 Å². The lowest BCUT2D eigenvalue weighted by Gasteiger charge is -2.20. The van der Waals surface area contributed by atoms with Crippen LogP contribution in [0.3, 0.4) is 0 Å². The van der Waals surface area contributed by atoms with Gasteiger partial charge in [-0.3, -0.25) is 4.79 Å². The van der Waals surface area contributed by atoms with Crippen molar-refractivity contribution in [2.75, 3.05) is 16.8 Å². The third-order valence-corrected chi connectivity index (χ3v) is 4.93. The van der Waals surface area contributed by atoms with Gasteiger partial charge in [-0.25, -0.2) is 0 Å². The van der Waals surface area contributed by atoms with Crippen LogP contribution < -0.4 is 10.2 Å². The molecule has 1 aliphatic heterocycles. The Morgan fingerprint density at radius 1 is 1.35 bits per heavy atom. The number of benzene rings is 1. The molecule has 0 saturated carbocycles. The van der Waals surface area contributed by atoms with Crippen molar-refractivity contribution < 1.29 is 4.79 Å². The van der Waals surface area contributed by atoms with Crippen molar-refractivity contribution in [1.29, 1.82) is 0 Å². The molecule has 1 aromatic heterocycles. The van der Waals surface area contributed by atoms with E-state index < -0.39 is 0 Å². The van der Waals surface area contributed by atoms with Crippen LogP contribution in [-0.4, -0.2) is 12.5 Å². The zero-order chi connectivity index (χ0) is 13.9. The van der Waals surface area contributed by atoms with Crippen molar-refractivity contribution >= 4 is 44.5 Å². The summed E-state index contributed by atoms with van der Waals surface area (Å²) in [4.78, 5) is 13.8. The Morgan fingerprint density at radius 2 is 2.20 bits per heavy atom. The lowest BCUT2D eigenvalue weighted by Crippen LogP contribution is -2.24. The molecule has 3 rings (SSSR count). The van der Waals surface area contributed by atoms with Crippen molar-refractivity contribution in [3.8, 4) is 0 Å². The topological polar surface area (TPSA) is 32.3 Å². The number of carbonyl (C=O) groups is 1. The van der Waals surface area contributed by atoms with Gasteiger partial charge in [0.05, 0.1) is 15.2 Å². The lowest BCUT2D eigenvalue weighted by atomic mass is 10.2. The predicted octanol–water partition coefficient (Wildman–Crippen LogP) is 4.25. The molecule has 1 fully saturated rings. The Balaban J connectivity index is 1.77. The fourth-order valence-corrected chi connectivity index (χ4v) is 3.61. The monoisotopic (exact) mass is 350 g/mol. The number of carbonyl (C=O) groups excluding carboxylic acids is 1. The number of rotatable bonds is 4. The number of nitrogens with zero attached hydrogens (tertiary/aromatic N) is 1. The molecule has 1 aliphatic rings. The van der Waals surface area contributed by atoms with Crippen molar-refractivity contribution in [3.05, 3.63) is 45.1 Å². The third kappa shape index (κ3) is 2.88. The summed E-state index contributed by atoms with van der Waals surface area (Å²) in [5.41, 5.74) is 3.25. The molecule has 1 amide bonds. The highest BCUT2D eigenvalue weighted by Crippen LogP contribution is 2.30. The Bertz CT molecular complexity index is 626. The first kappa shape index (κ1) is 13.6. The maximum Gasteiger partial charge on any atom is 0.227 e. The maximum absolute atomic E-state index is 11.9. The van der Waals surface area contributed by atoms with E-state index in [4.69, 9.17) is 0 Å². The first-order valence-corrected chi connectivity index (χ1v) is 8.27. The average molecular weight is 351 g/mol. The van der Waals surface area contributed by atoms with Crippen LogP contribution in [0, 0.1) is 0 Å². The molecule has 104 valence electrons. The second-order valence-electron chi connectivity index (χ2n) is 4.78. The lowest BCUT2D eigenvalue weighted by molar-refractivity contribution is -0.117. The van der Waals surface area contributed by atoms with Crippen molar-refractivity contribution in [1.82, 2.24) is 0 Å². The first-order valence-electron chi connectivity index (χ1n) is 6.60. The molecule has 1 N–H and O–H groups in total. The van der Waals surface area contributed by atoms with Gasteiger partial charge in [0, 0.05) is 19.5 Å². The van der Waals surface area contributed by atoms with Crippen LogP contribution in [0.2, 0.25) is 0 Å². The second-order valence-corrected chi connectivity index (χ2v) is 7.07. The van der Waals surface area contributed by atoms with E-state index in [0.717, 1.165) is 34.7 Å². The number of anilines is 2. The van der Waals surface area contributed by atoms with Gasteiger partial charge in [0.15, 0.2) is 0 Å². The molecule has 3 nitrogen and oxygen atoms in total. The molecule has 2 heterocycles. The van der Waals surface area contributed by atoms with Gasteiger partial charge in [-0.05, 0) is 51.5 Å². The molecule has 1 saturated heterocycles. The predicted molar refractivity (Wildman–Crippen MR) is 87.4 cm³/mol. The quantitative estimate of drug-likeness (QED) is 0.893. The molecular weight excluding hydrogens is 336 g/mol. The van der Waals surface area contributed by atoms with Gasteiger partial charge >= 0.3 is 0 Å². The van der Waals surface area contributed by atoms with Gasteiger partial charge in [-0.15, -0.1) is 11.3 Å². The van der Waals surface area contributed by atoms with Crippen LogP contribution in [0.5, 0.6) is 0 Å². The number of halogens is 1. The molecule has 0 bridgehead atoms. The Labute approximate surface area is 130 Å². The molecule has 1 aromatic carbocycles. The van der Waals surface area contributed by atoms with Crippen LogP contribution in [0.4, 0.5) is 11.4 Å². The minimum absolute atomic E-state index is 0.220. The molecular formula is C15H15BrN2OS. The molecule has 0 spiro atoms. The van der Waals surface area contributed by atoms with Gasteiger partial charge in [-0.1, -0.05) is 12.1 Å². The maximum atomic E-state index is 11.9. The van der Waals surface area contributed by atoms with E-state index in [1.54, 1.807) is 11.3 Å². The van der Waals surface area contributed by atoms with Gasteiger partial charge in [-0.2, -0.15) is 0 Å². The van der Waals surface area contributed by atoms with Crippen molar-refractivity contribution in [2.24, 2.45) is 0 Å². The third-order valence-electron chi connectivity index (χ3n) is 3.37. The van der Waals surface area contributed by atoms with Crippen LogP contribution in [0.25, 0.3) is 0 Å². The van der Waals surface area contributed by atoms with E-state index in [1.807, 2.05) is 29.2 Å². The number of hydrogen-bond donors (Lipinski definition) is 1. The number of thiophene rings is 1. The summed E-state index contributed by atoms with van der Waals surface area (Å²) in [6.45, 7) is 1.59. The first-order chi connectivity index (χ1) is 9.74. The summed E-state index contributed by atoms with van der Waals surface area (Å²) < 4.78 is 1.14. The van der Waals surface area contributed by atoms with Crippen LogP contribution >= 0.6 is 27.3 Å². The summed E-state index contributed by atoms with van der Waals surface area (Å²) in [6.07, 6.45) is 1.61. The van der Waals surface area contributed by atoms with Crippen LogP contribution in [0.1, 0.15) is 18.4 Å². The summed E-state index contributed by atoms with van der Waals surface area (Å²) in [6, 6.07) is 10.1. The largest absolute Gasteiger partial charge is 0.379 e. The minimum atomic E-state index is 0.220. The smallest absolute Gasteiger partial charge is 0.227 e. The van der Waals surface area contributed by atoms with E-state index in [9.17, 15) is 4.79 Å². The normalized spacial score (nSPS) is 14.8. The summed E-state index contributed by atoms with van der Waals surface area (Å²) >= 11 is 5.15. The fraction of sp³-hybridized carbons (Fsp3) is 0.267. The Kier molecular flexibility index (Phi) is 4.08. The second kappa shape index (κ2) is 5.97. The summed E-state index contributed by atoms with van der Waals surface area (Å²) in [5, 5.41) is 5.56. The summed E-state index contributed by atoms with van der Waals surface area (Å²) in [5.74, 6) is 0.220. The van der Waals surface area contributed by atoms with E-state index in [2.05, 4.69) is 32.7 Å². The zero-order valence-corrected chi connectivity index (χ0v) is 13.3. The number of amides is 1. The van der Waals surface area contributed by atoms with Gasteiger partial charge in [0.2, 0.25) is 5.91 Å². The Hall–Kier alpha value is -1.33. The van der Waals surface area contributed by atoms with Crippen molar-refractivity contribution in [2.45, 2.75) is 19.4 Å². The number of hydrogen-bond acceptors (Lipinski definition) is 3. The van der Waals surface area contributed by atoms with E-state index in [0.29, 0.717) is 6.42 Å². The zero-order valence-electron chi connectivity index (χ0n) is 10.9. The van der Waals surface area contributed by atoms with E-state index in [-0.39, 0.29) is 5.91 Å². The van der Waals surface area contributed by atoms with Gasteiger partial charge < -0.3 is 10.2 Å². The highest BCUT2D eigenvalue weighted by Gasteiger charge is 2.23. The SMILES string of the molecule is O=C1CCCN1c1ccccc1NCc1csc(Br)c1. The fourth-order valence-electron chi connectivity index (χ4n) is 2.40. The molecule has 5 heteroatoms. The molecule has 0 atom stereocenters. The average Bonchev–Trinajstić information content (AvgIpc) is 3.05. The van der Waals surface area contributed by atoms with E-state index >= 15 is 0 Å². The van der Waals surface area contributed by atoms with Crippen LogP contribution in [0.15, 0.2) is 39.5 Å². The summed E-state index contributed by atoms with van der Waals surface area (Å²) in [7, 11) is 0. The molecule has 0 unspecified atom stereocenters. The number of nitrogens with one attached hydrogen (secondary N) is 1. The molecule has 0 radical (unpaired) electrons.